The molecule has 3 nitrogen and oxygen atoms in total. The number of aromatic nitrogens is 1. The molecular formula is C15H12ClNO2. The number of nitrogens with zero attached hydrogens (tertiary/aromatic N) is 1. The second-order valence-electron chi connectivity index (χ2n) is 4.64. The van der Waals surface area contributed by atoms with E-state index >= 15 is 0 Å². The molecule has 96 valence electrons. The maximum Gasteiger partial charge on any atom is 0.311 e. The maximum absolute atomic E-state index is 11.1. The van der Waals surface area contributed by atoms with Gasteiger partial charge in [0.05, 0.1) is 11.6 Å². The molecule has 1 atom stereocenters. The summed E-state index contributed by atoms with van der Waals surface area (Å²) in [5.41, 5.74) is 3.40. The van der Waals surface area contributed by atoms with Gasteiger partial charge in [-0.3, -0.25) is 9.78 Å². The van der Waals surface area contributed by atoms with Gasteiger partial charge >= 0.3 is 5.97 Å². The van der Waals surface area contributed by atoms with Crippen molar-refractivity contribution >= 4 is 17.6 Å². The summed E-state index contributed by atoms with van der Waals surface area (Å²) in [7, 11) is 0. The average Bonchev–Trinajstić information content (AvgIpc) is 2.82. The Kier molecular flexibility index (Phi) is 2.99. The fraction of sp³-hybridized carbons (Fsp3) is 0.200. The van der Waals surface area contributed by atoms with Gasteiger partial charge in [0.2, 0.25) is 0 Å². The highest BCUT2D eigenvalue weighted by Gasteiger charge is 2.29. The van der Waals surface area contributed by atoms with Crippen LogP contribution in [0.2, 0.25) is 5.02 Å². The number of rotatable bonds is 2. The lowest BCUT2D eigenvalue weighted by Crippen LogP contribution is -2.07. The predicted molar refractivity (Wildman–Crippen MR) is 73.4 cm³/mol. The molecule has 2 aromatic rings. The van der Waals surface area contributed by atoms with Gasteiger partial charge in [0, 0.05) is 16.3 Å². The molecule has 1 aliphatic rings. The van der Waals surface area contributed by atoms with Gasteiger partial charge in [-0.2, -0.15) is 0 Å². The monoisotopic (exact) mass is 273 g/mol. The lowest BCUT2D eigenvalue weighted by atomic mass is 10.0. The summed E-state index contributed by atoms with van der Waals surface area (Å²) in [6, 6.07) is 11.2. The van der Waals surface area contributed by atoms with E-state index in [1.165, 1.54) is 0 Å². The van der Waals surface area contributed by atoms with Gasteiger partial charge in [-0.25, -0.2) is 0 Å². The first-order chi connectivity index (χ1) is 9.16. The first-order valence-corrected chi connectivity index (χ1v) is 6.52. The van der Waals surface area contributed by atoms with E-state index in [9.17, 15) is 4.79 Å². The summed E-state index contributed by atoms with van der Waals surface area (Å²) in [6.07, 6.45) is 1.34. The molecule has 1 unspecified atom stereocenters. The molecule has 0 fully saturated rings. The van der Waals surface area contributed by atoms with Crippen molar-refractivity contribution in [1.29, 1.82) is 0 Å². The van der Waals surface area contributed by atoms with Crippen LogP contribution in [0.1, 0.15) is 23.6 Å². The smallest absolute Gasteiger partial charge is 0.311 e. The van der Waals surface area contributed by atoms with Crippen LogP contribution in [0.5, 0.6) is 0 Å². The minimum atomic E-state index is -0.772. The largest absolute Gasteiger partial charge is 0.481 e. The summed E-state index contributed by atoms with van der Waals surface area (Å²) in [5, 5.41) is 9.80. The Hall–Kier alpha value is -1.87. The van der Waals surface area contributed by atoms with Crippen molar-refractivity contribution in [3.05, 3.63) is 52.7 Å². The molecule has 0 bridgehead atoms. The summed E-state index contributed by atoms with van der Waals surface area (Å²) in [4.78, 5) is 15.7. The summed E-state index contributed by atoms with van der Waals surface area (Å²) in [5.74, 6) is -1.19. The Balaban J connectivity index is 2.05. The Labute approximate surface area is 115 Å². The van der Waals surface area contributed by atoms with Crippen LogP contribution >= 0.6 is 11.6 Å². The zero-order valence-electron chi connectivity index (χ0n) is 10.1. The molecule has 0 saturated heterocycles. The van der Waals surface area contributed by atoms with E-state index in [2.05, 4.69) is 4.98 Å². The van der Waals surface area contributed by atoms with Gasteiger partial charge in [0.15, 0.2) is 0 Å². The second kappa shape index (κ2) is 4.67. The van der Waals surface area contributed by atoms with Crippen molar-refractivity contribution in [3.63, 3.8) is 0 Å². The average molecular weight is 274 g/mol. The zero-order chi connectivity index (χ0) is 13.4. The SMILES string of the molecule is O=C(O)C1CCc2nc(-c3ccccc3Cl)ccc21. The van der Waals surface area contributed by atoms with E-state index in [1.54, 1.807) is 0 Å². The third kappa shape index (κ3) is 2.10. The number of carboxylic acids is 1. The van der Waals surface area contributed by atoms with Crippen LogP contribution < -0.4 is 0 Å². The quantitative estimate of drug-likeness (QED) is 0.911. The molecule has 1 aliphatic carbocycles. The highest BCUT2D eigenvalue weighted by Crippen LogP contribution is 2.35. The standard InChI is InChI=1S/C15H12ClNO2/c16-12-4-2-1-3-11(12)14-7-5-9-10(15(18)19)6-8-13(9)17-14/h1-5,7,10H,6,8H2,(H,18,19). The minimum absolute atomic E-state index is 0.414. The molecule has 4 heteroatoms. The zero-order valence-corrected chi connectivity index (χ0v) is 10.9. The topological polar surface area (TPSA) is 50.2 Å². The summed E-state index contributed by atoms with van der Waals surface area (Å²) < 4.78 is 0. The Morgan fingerprint density at radius 2 is 2.05 bits per heavy atom. The summed E-state index contributed by atoms with van der Waals surface area (Å²) >= 11 is 6.15. The maximum atomic E-state index is 11.1. The fourth-order valence-electron chi connectivity index (χ4n) is 2.54. The van der Waals surface area contributed by atoms with E-state index < -0.39 is 11.9 Å². The molecular weight excluding hydrogens is 262 g/mol. The van der Waals surface area contributed by atoms with Gasteiger partial charge in [0.1, 0.15) is 0 Å². The lowest BCUT2D eigenvalue weighted by Gasteiger charge is -2.08. The molecule has 1 aromatic heterocycles. The molecule has 1 heterocycles. The van der Waals surface area contributed by atoms with Crippen LogP contribution in [0.25, 0.3) is 11.3 Å². The normalized spacial score (nSPS) is 17.2. The number of aliphatic carboxylic acids is 1. The number of fused-ring (bicyclic) bond motifs is 1. The van der Waals surface area contributed by atoms with E-state index in [-0.39, 0.29) is 0 Å². The van der Waals surface area contributed by atoms with E-state index in [0.717, 1.165) is 22.5 Å². The Morgan fingerprint density at radius 3 is 2.79 bits per heavy atom. The van der Waals surface area contributed by atoms with Gasteiger partial charge in [-0.15, -0.1) is 0 Å². The van der Waals surface area contributed by atoms with Crippen LogP contribution in [0.15, 0.2) is 36.4 Å². The number of carbonyl (C=O) groups is 1. The number of pyridine rings is 1. The second-order valence-corrected chi connectivity index (χ2v) is 5.05. The van der Waals surface area contributed by atoms with E-state index in [0.29, 0.717) is 17.9 Å². The first-order valence-electron chi connectivity index (χ1n) is 6.14. The van der Waals surface area contributed by atoms with Gasteiger partial charge in [-0.1, -0.05) is 35.9 Å². The fourth-order valence-corrected chi connectivity index (χ4v) is 2.77. The number of hydrogen-bond donors (Lipinski definition) is 1. The van der Waals surface area contributed by atoms with Crippen molar-refractivity contribution in [2.24, 2.45) is 0 Å². The van der Waals surface area contributed by atoms with Crippen molar-refractivity contribution in [1.82, 2.24) is 4.98 Å². The molecule has 0 radical (unpaired) electrons. The summed E-state index contributed by atoms with van der Waals surface area (Å²) in [6.45, 7) is 0. The van der Waals surface area contributed by atoms with Gasteiger partial charge < -0.3 is 5.11 Å². The Morgan fingerprint density at radius 1 is 1.26 bits per heavy atom. The van der Waals surface area contributed by atoms with Crippen LogP contribution in [0.3, 0.4) is 0 Å². The van der Waals surface area contributed by atoms with Crippen molar-refractivity contribution in [2.45, 2.75) is 18.8 Å². The number of hydrogen-bond acceptors (Lipinski definition) is 2. The highest BCUT2D eigenvalue weighted by molar-refractivity contribution is 6.33. The van der Waals surface area contributed by atoms with Crippen LogP contribution in [-0.4, -0.2) is 16.1 Å². The third-order valence-electron chi connectivity index (χ3n) is 3.50. The minimum Gasteiger partial charge on any atom is -0.481 e. The van der Waals surface area contributed by atoms with Crippen molar-refractivity contribution in [3.8, 4) is 11.3 Å². The number of benzene rings is 1. The molecule has 1 aromatic carbocycles. The molecule has 0 aliphatic heterocycles. The van der Waals surface area contributed by atoms with Crippen LogP contribution in [-0.2, 0) is 11.2 Å². The molecule has 0 amide bonds. The number of aryl methyl sites for hydroxylation is 1. The molecule has 0 spiro atoms. The van der Waals surface area contributed by atoms with Crippen LogP contribution in [0.4, 0.5) is 0 Å². The third-order valence-corrected chi connectivity index (χ3v) is 3.83. The number of halogens is 1. The molecule has 1 N–H and O–H groups in total. The molecule has 3 rings (SSSR count). The van der Waals surface area contributed by atoms with Crippen molar-refractivity contribution in [2.75, 3.05) is 0 Å². The Bertz CT molecular complexity index is 654. The lowest BCUT2D eigenvalue weighted by molar-refractivity contribution is -0.138. The predicted octanol–water partition coefficient (Wildman–Crippen LogP) is 3.52. The molecule has 0 saturated carbocycles. The van der Waals surface area contributed by atoms with Gasteiger partial charge in [-0.05, 0) is 30.5 Å². The first kappa shape index (κ1) is 12.2. The van der Waals surface area contributed by atoms with E-state index in [1.807, 2.05) is 36.4 Å². The van der Waals surface area contributed by atoms with Gasteiger partial charge in [0.25, 0.3) is 0 Å². The number of carboxylic acid groups (broad SMARTS) is 1. The van der Waals surface area contributed by atoms with Crippen molar-refractivity contribution < 1.29 is 9.90 Å². The highest BCUT2D eigenvalue weighted by atomic mass is 35.5. The van der Waals surface area contributed by atoms with E-state index in [4.69, 9.17) is 16.7 Å². The van der Waals surface area contributed by atoms with Crippen LogP contribution in [0, 0.1) is 0 Å². The molecule has 19 heavy (non-hydrogen) atoms.